The number of halogens is 1. The van der Waals surface area contributed by atoms with Crippen molar-refractivity contribution in [2.75, 3.05) is 17.1 Å². The quantitative estimate of drug-likeness (QED) is 0.715. The molecule has 0 saturated heterocycles. The third kappa shape index (κ3) is 6.26. The molecule has 0 saturated carbocycles. The van der Waals surface area contributed by atoms with Gasteiger partial charge in [0.25, 0.3) is 0 Å². The fraction of sp³-hybridized carbons (Fsp3) is 0.350. The molecule has 0 aliphatic rings. The highest BCUT2D eigenvalue weighted by atomic mass is 35.5. The van der Waals surface area contributed by atoms with Crippen molar-refractivity contribution < 1.29 is 13.2 Å². The topological polar surface area (TPSA) is 66.5 Å². The summed E-state index contributed by atoms with van der Waals surface area (Å²) < 4.78 is 25.7. The van der Waals surface area contributed by atoms with Crippen LogP contribution in [-0.4, -0.2) is 27.1 Å². The summed E-state index contributed by atoms with van der Waals surface area (Å²) in [6.45, 7) is 3.97. The van der Waals surface area contributed by atoms with Gasteiger partial charge >= 0.3 is 0 Å². The molecule has 2 aromatic carbocycles. The van der Waals surface area contributed by atoms with Crippen molar-refractivity contribution >= 4 is 33.2 Å². The number of carbonyl (C=O) groups is 1. The van der Waals surface area contributed by atoms with Gasteiger partial charge in [-0.1, -0.05) is 48.0 Å². The van der Waals surface area contributed by atoms with Crippen molar-refractivity contribution in [1.82, 2.24) is 5.32 Å². The molecule has 0 heterocycles. The lowest BCUT2D eigenvalue weighted by Gasteiger charge is -2.24. The third-order valence-electron chi connectivity index (χ3n) is 4.28. The van der Waals surface area contributed by atoms with Crippen LogP contribution in [0.1, 0.15) is 36.9 Å². The molecular weight excluding hydrogens is 384 g/mol. The zero-order chi connectivity index (χ0) is 20.0. The van der Waals surface area contributed by atoms with Crippen molar-refractivity contribution in [2.45, 2.75) is 32.7 Å². The molecular formula is C20H25ClN2O3S. The number of hydrogen-bond donors (Lipinski definition) is 1. The Morgan fingerprint density at radius 1 is 1.19 bits per heavy atom. The van der Waals surface area contributed by atoms with Gasteiger partial charge in [0.05, 0.1) is 18.0 Å². The Kier molecular flexibility index (Phi) is 7.27. The van der Waals surface area contributed by atoms with E-state index < -0.39 is 10.0 Å². The van der Waals surface area contributed by atoms with Crippen LogP contribution in [0, 0.1) is 6.92 Å². The monoisotopic (exact) mass is 408 g/mol. The van der Waals surface area contributed by atoms with Gasteiger partial charge in [0.15, 0.2) is 0 Å². The van der Waals surface area contributed by atoms with Crippen molar-refractivity contribution in [3.63, 3.8) is 0 Å². The normalized spacial score (nSPS) is 12.4. The highest BCUT2D eigenvalue weighted by Gasteiger charge is 2.20. The largest absolute Gasteiger partial charge is 0.350 e. The molecule has 0 radical (unpaired) electrons. The van der Waals surface area contributed by atoms with Gasteiger partial charge in [0.1, 0.15) is 0 Å². The molecule has 1 atom stereocenters. The highest BCUT2D eigenvalue weighted by molar-refractivity contribution is 7.92. The van der Waals surface area contributed by atoms with Crippen LogP contribution in [0.15, 0.2) is 48.5 Å². The van der Waals surface area contributed by atoms with Crippen molar-refractivity contribution in [1.29, 1.82) is 0 Å². The van der Waals surface area contributed by atoms with Crippen LogP contribution in [-0.2, 0) is 14.8 Å². The molecule has 5 nitrogen and oxygen atoms in total. The summed E-state index contributed by atoms with van der Waals surface area (Å²) in [6.07, 6.45) is 1.81. The number of nitrogens with zero attached hydrogens (tertiary/aromatic N) is 1. The molecule has 0 fully saturated rings. The zero-order valence-corrected chi connectivity index (χ0v) is 17.3. The summed E-state index contributed by atoms with van der Waals surface area (Å²) in [7, 11) is -3.48. The van der Waals surface area contributed by atoms with Crippen molar-refractivity contribution in [2.24, 2.45) is 0 Å². The molecule has 0 aliphatic carbocycles. The predicted molar refractivity (Wildman–Crippen MR) is 111 cm³/mol. The number of rotatable bonds is 8. The van der Waals surface area contributed by atoms with Crippen LogP contribution in [0.5, 0.6) is 0 Å². The number of hydrogen-bond acceptors (Lipinski definition) is 3. The Balaban J connectivity index is 1.98. The van der Waals surface area contributed by atoms with Gasteiger partial charge in [-0.2, -0.15) is 0 Å². The molecule has 0 spiro atoms. The first-order chi connectivity index (χ1) is 12.7. The number of benzene rings is 2. The first-order valence-electron chi connectivity index (χ1n) is 8.76. The predicted octanol–water partition coefficient (Wildman–Crippen LogP) is 4.07. The summed E-state index contributed by atoms with van der Waals surface area (Å²) in [5.41, 5.74) is 2.38. The lowest BCUT2D eigenvalue weighted by molar-refractivity contribution is -0.121. The summed E-state index contributed by atoms with van der Waals surface area (Å²) in [4.78, 5) is 12.2. The fourth-order valence-corrected chi connectivity index (χ4v) is 4.02. The Hall–Kier alpha value is -2.05. The Morgan fingerprint density at radius 2 is 1.85 bits per heavy atom. The van der Waals surface area contributed by atoms with Gasteiger partial charge in [-0.15, -0.1) is 0 Å². The first kappa shape index (κ1) is 21.3. The Bertz CT molecular complexity index is 885. The Morgan fingerprint density at radius 3 is 2.48 bits per heavy atom. The van der Waals surface area contributed by atoms with Gasteiger partial charge in [-0.3, -0.25) is 9.10 Å². The number of anilines is 1. The summed E-state index contributed by atoms with van der Waals surface area (Å²) in [5, 5.41) is 3.41. The highest BCUT2D eigenvalue weighted by Crippen LogP contribution is 2.26. The molecule has 1 amide bonds. The van der Waals surface area contributed by atoms with E-state index in [1.807, 2.05) is 44.2 Å². The molecule has 0 bridgehead atoms. The Labute approximate surface area is 166 Å². The molecule has 0 aromatic heterocycles. The minimum atomic E-state index is -3.48. The lowest BCUT2D eigenvalue weighted by Crippen LogP contribution is -2.33. The van der Waals surface area contributed by atoms with Crippen molar-refractivity contribution in [3.05, 3.63) is 64.7 Å². The van der Waals surface area contributed by atoms with Gasteiger partial charge in [-0.05, 0) is 43.5 Å². The molecule has 2 rings (SSSR count). The molecule has 2 aromatic rings. The number of carbonyl (C=O) groups excluding carboxylic acids is 1. The first-order valence-corrected chi connectivity index (χ1v) is 11.0. The molecule has 0 unspecified atom stereocenters. The van der Waals surface area contributed by atoms with Crippen LogP contribution in [0.3, 0.4) is 0 Å². The average Bonchev–Trinajstić information content (AvgIpc) is 2.61. The molecule has 27 heavy (non-hydrogen) atoms. The third-order valence-corrected chi connectivity index (χ3v) is 5.70. The summed E-state index contributed by atoms with van der Waals surface area (Å²) in [5.74, 6) is -0.109. The number of nitrogens with one attached hydrogen (secondary N) is 1. The van der Waals surface area contributed by atoms with E-state index in [4.69, 9.17) is 11.6 Å². The average molecular weight is 409 g/mol. The van der Waals surface area contributed by atoms with E-state index in [0.717, 1.165) is 17.4 Å². The summed E-state index contributed by atoms with van der Waals surface area (Å²) >= 11 is 6.03. The minimum absolute atomic E-state index is 0.0973. The second kappa shape index (κ2) is 9.24. The van der Waals surface area contributed by atoms with Crippen LogP contribution < -0.4 is 9.62 Å². The summed E-state index contributed by atoms with van der Waals surface area (Å²) in [6, 6.07) is 14.7. The van der Waals surface area contributed by atoms with Crippen LogP contribution >= 0.6 is 11.6 Å². The second-order valence-electron chi connectivity index (χ2n) is 6.57. The van der Waals surface area contributed by atoms with Gasteiger partial charge in [0.2, 0.25) is 15.9 Å². The van der Waals surface area contributed by atoms with Crippen LogP contribution in [0.4, 0.5) is 5.69 Å². The van der Waals surface area contributed by atoms with Gasteiger partial charge in [0, 0.05) is 18.0 Å². The maximum absolute atomic E-state index is 12.2. The smallest absolute Gasteiger partial charge is 0.232 e. The maximum Gasteiger partial charge on any atom is 0.232 e. The van der Waals surface area contributed by atoms with Gasteiger partial charge in [-0.25, -0.2) is 8.42 Å². The zero-order valence-electron chi connectivity index (χ0n) is 15.8. The minimum Gasteiger partial charge on any atom is -0.350 e. The van der Waals surface area contributed by atoms with E-state index in [2.05, 4.69) is 5.32 Å². The van der Waals surface area contributed by atoms with Crippen molar-refractivity contribution in [3.8, 4) is 0 Å². The van der Waals surface area contributed by atoms with E-state index in [9.17, 15) is 13.2 Å². The maximum atomic E-state index is 12.2. The van der Waals surface area contributed by atoms with E-state index >= 15 is 0 Å². The van der Waals surface area contributed by atoms with Gasteiger partial charge < -0.3 is 5.32 Å². The van der Waals surface area contributed by atoms with Crippen LogP contribution in [0.25, 0.3) is 0 Å². The standard InChI is InChI=1S/C20H25ClN2O3S/c1-15-11-12-18(21)14-19(15)23(27(3,25)26)13-7-10-20(24)22-16(2)17-8-5-4-6-9-17/h4-6,8-9,11-12,14,16H,7,10,13H2,1-3H3,(H,22,24)/t16-/m0/s1. The molecule has 7 heteroatoms. The molecule has 146 valence electrons. The second-order valence-corrected chi connectivity index (χ2v) is 8.91. The number of aryl methyl sites for hydroxylation is 1. The van der Waals surface area contributed by atoms with E-state index in [-0.39, 0.29) is 24.9 Å². The van der Waals surface area contributed by atoms with E-state index in [1.165, 1.54) is 4.31 Å². The fourth-order valence-electron chi connectivity index (χ4n) is 2.84. The molecule has 0 aliphatic heterocycles. The van der Waals surface area contributed by atoms with Crippen LogP contribution in [0.2, 0.25) is 5.02 Å². The SMILES string of the molecule is Cc1ccc(Cl)cc1N(CCCC(=O)N[C@@H](C)c1ccccc1)S(C)(=O)=O. The van der Waals surface area contributed by atoms with E-state index in [1.54, 1.807) is 18.2 Å². The van der Waals surface area contributed by atoms with E-state index in [0.29, 0.717) is 17.1 Å². The number of amides is 1. The number of sulfonamides is 1. The lowest BCUT2D eigenvalue weighted by atomic mass is 10.1. The molecule has 1 N–H and O–H groups in total.